The molecule has 0 aliphatic carbocycles. The van der Waals surface area contributed by atoms with E-state index < -0.39 is 0 Å². The Morgan fingerprint density at radius 1 is 1.12 bits per heavy atom. The molecule has 1 N–H and O–H groups in total. The second-order valence-corrected chi connectivity index (χ2v) is 6.17. The predicted molar refractivity (Wildman–Crippen MR) is 97.8 cm³/mol. The Balaban J connectivity index is 1.67. The molecule has 4 nitrogen and oxygen atoms in total. The fourth-order valence-electron chi connectivity index (χ4n) is 2.71. The van der Waals surface area contributed by atoms with Crippen LogP contribution in [0.25, 0.3) is 11.1 Å². The highest BCUT2D eigenvalue weighted by atomic mass is 16.4. The van der Waals surface area contributed by atoms with Crippen molar-refractivity contribution in [3.05, 3.63) is 77.0 Å². The number of rotatable bonds is 5. The summed E-state index contributed by atoms with van der Waals surface area (Å²) in [6, 6.07) is 18.4. The van der Waals surface area contributed by atoms with Crippen LogP contribution in [0.3, 0.4) is 0 Å². The largest absolute Gasteiger partial charge is 0.444 e. The fraction of sp³-hybridized carbons (Fsp3) is 0.238. The summed E-state index contributed by atoms with van der Waals surface area (Å²) in [6.45, 7) is 6.59. The average Bonchev–Trinajstić information content (AvgIpc) is 2.97. The predicted octanol–water partition coefficient (Wildman–Crippen LogP) is 4.68. The van der Waals surface area contributed by atoms with E-state index in [4.69, 9.17) is 9.68 Å². The number of aromatic nitrogens is 1. The van der Waals surface area contributed by atoms with Gasteiger partial charge >= 0.3 is 0 Å². The van der Waals surface area contributed by atoms with Crippen LogP contribution >= 0.6 is 0 Å². The normalized spacial score (nSPS) is 11.9. The molecule has 126 valence electrons. The molecule has 0 radical (unpaired) electrons. The minimum Gasteiger partial charge on any atom is -0.444 e. The molecule has 1 heterocycles. The molecule has 3 rings (SSSR count). The SMILES string of the molecule is Cc1nc(CNC(C)c2ccc(-c3cccc(C#N)c3)cc2)oc1C. The lowest BCUT2D eigenvalue weighted by Gasteiger charge is -2.13. The van der Waals surface area contributed by atoms with Gasteiger partial charge in [-0.25, -0.2) is 4.98 Å². The second-order valence-electron chi connectivity index (χ2n) is 6.17. The maximum absolute atomic E-state index is 9.03. The lowest BCUT2D eigenvalue weighted by molar-refractivity contribution is 0.432. The van der Waals surface area contributed by atoms with Crippen molar-refractivity contribution in [2.45, 2.75) is 33.4 Å². The first-order valence-electron chi connectivity index (χ1n) is 8.33. The monoisotopic (exact) mass is 331 g/mol. The summed E-state index contributed by atoms with van der Waals surface area (Å²) in [6.07, 6.45) is 0. The van der Waals surface area contributed by atoms with E-state index in [1.165, 1.54) is 5.56 Å². The van der Waals surface area contributed by atoms with Crippen molar-refractivity contribution in [2.24, 2.45) is 0 Å². The van der Waals surface area contributed by atoms with E-state index in [2.05, 4.69) is 47.6 Å². The van der Waals surface area contributed by atoms with E-state index in [1.54, 1.807) is 0 Å². The van der Waals surface area contributed by atoms with Crippen LogP contribution < -0.4 is 5.32 Å². The molecule has 0 fully saturated rings. The highest BCUT2D eigenvalue weighted by Gasteiger charge is 2.09. The van der Waals surface area contributed by atoms with Gasteiger partial charge in [-0.15, -0.1) is 0 Å². The third-order valence-corrected chi connectivity index (χ3v) is 4.37. The molecule has 1 unspecified atom stereocenters. The number of nitrogens with zero attached hydrogens (tertiary/aromatic N) is 2. The zero-order chi connectivity index (χ0) is 17.8. The molecular weight excluding hydrogens is 310 g/mol. The van der Waals surface area contributed by atoms with Gasteiger partial charge in [0.05, 0.1) is 23.9 Å². The molecule has 1 atom stereocenters. The Morgan fingerprint density at radius 3 is 2.52 bits per heavy atom. The van der Waals surface area contributed by atoms with Gasteiger partial charge in [-0.1, -0.05) is 36.4 Å². The van der Waals surface area contributed by atoms with Crippen LogP contribution in [0.2, 0.25) is 0 Å². The van der Waals surface area contributed by atoms with Gasteiger partial charge in [0.15, 0.2) is 0 Å². The summed E-state index contributed by atoms with van der Waals surface area (Å²) in [5.74, 6) is 1.58. The Hall–Kier alpha value is -2.90. The van der Waals surface area contributed by atoms with Crippen LogP contribution in [0.5, 0.6) is 0 Å². The van der Waals surface area contributed by atoms with Gasteiger partial charge in [0, 0.05) is 6.04 Å². The Morgan fingerprint density at radius 2 is 1.88 bits per heavy atom. The van der Waals surface area contributed by atoms with Gasteiger partial charge in [0.2, 0.25) is 5.89 Å². The van der Waals surface area contributed by atoms with E-state index in [0.29, 0.717) is 18.0 Å². The Kier molecular flexibility index (Phi) is 4.97. The topological polar surface area (TPSA) is 61.9 Å². The average molecular weight is 331 g/mol. The van der Waals surface area contributed by atoms with E-state index in [-0.39, 0.29) is 6.04 Å². The molecule has 25 heavy (non-hydrogen) atoms. The summed E-state index contributed by atoms with van der Waals surface area (Å²) in [4.78, 5) is 4.39. The molecule has 4 heteroatoms. The van der Waals surface area contributed by atoms with E-state index in [0.717, 1.165) is 22.6 Å². The van der Waals surface area contributed by atoms with Gasteiger partial charge < -0.3 is 9.73 Å². The van der Waals surface area contributed by atoms with Crippen molar-refractivity contribution in [1.29, 1.82) is 5.26 Å². The molecule has 3 aromatic rings. The van der Waals surface area contributed by atoms with E-state index in [9.17, 15) is 0 Å². The van der Waals surface area contributed by atoms with Gasteiger partial charge in [-0.2, -0.15) is 5.26 Å². The minimum atomic E-state index is 0.187. The molecule has 0 amide bonds. The highest BCUT2D eigenvalue weighted by molar-refractivity contribution is 5.65. The Labute approximate surface area is 148 Å². The maximum Gasteiger partial charge on any atom is 0.208 e. The summed E-state index contributed by atoms with van der Waals surface area (Å²) < 4.78 is 5.60. The smallest absolute Gasteiger partial charge is 0.208 e. The summed E-state index contributed by atoms with van der Waals surface area (Å²) in [7, 11) is 0. The van der Waals surface area contributed by atoms with Crippen molar-refractivity contribution < 1.29 is 4.42 Å². The first-order chi connectivity index (χ1) is 12.1. The number of oxazole rings is 1. The number of nitrogens with one attached hydrogen (secondary N) is 1. The van der Waals surface area contributed by atoms with Crippen molar-refractivity contribution in [3.8, 4) is 17.2 Å². The van der Waals surface area contributed by atoms with E-state index >= 15 is 0 Å². The molecule has 0 saturated heterocycles. The van der Waals surface area contributed by atoms with Crippen LogP contribution in [0, 0.1) is 25.2 Å². The standard InChI is InChI=1S/C21H21N3O/c1-14-16(3)25-21(24-14)13-23-15(2)18-7-9-19(10-8-18)20-6-4-5-17(11-20)12-22/h4-11,15,23H,13H2,1-3H3. The molecule has 1 aromatic heterocycles. The fourth-order valence-corrected chi connectivity index (χ4v) is 2.71. The first kappa shape index (κ1) is 16.9. The van der Waals surface area contributed by atoms with Crippen LogP contribution in [0.15, 0.2) is 52.9 Å². The van der Waals surface area contributed by atoms with Crippen LogP contribution in [0.4, 0.5) is 0 Å². The van der Waals surface area contributed by atoms with Gasteiger partial charge in [0.1, 0.15) is 5.76 Å². The first-order valence-corrected chi connectivity index (χ1v) is 8.33. The molecule has 0 aliphatic heterocycles. The minimum absolute atomic E-state index is 0.187. The van der Waals surface area contributed by atoms with Gasteiger partial charge in [0.25, 0.3) is 0 Å². The zero-order valence-corrected chi connectivity index (χ0v) is 14.7. The van der Waals surface area contributed by atoms with Crippen molar-refractivity contribution in [3.63, 3.8) is 0 Å². The van der Waals surface area contributed by atoms with Crippen LogP contribution in [-0.4, -0.2) is 4.98 Å². The van der Waals surface area contributed by atoms with Crippen LogP contribution in [-0.2, 0) is 6.54 Å². The second kappa shape index (κ2) is 7.33. The molecule has 0 saturated carbocycles. The molecule has 0 bridgehead atoms. The summed E-state index contributed by atoms with van der Waals surface area (Å²) >= 11 is 0. The summed E-state index contributed by atoms with van der Waals surface area (Å²) in [5, 5.41) is 12.5. The Bertz CT molecular complexity index is 884. The van der Waals surface area contributed by atoms with Gasteiger partial charge in [-0.3, -0.25) is 0 Å². The third kappa shape index (κ3) is 3.96. The molecule has 0 aliphatic rings. The highest BCUT2D eigenvalue weighted by Crippen LogP contribution is 2.23. The molecule has 0 spiro atoms. The lowest BCUT2D eigenvalue weighted by atomic mass is 10.00. The summed E-state index contributed by atoms with van der Waals surface area (Å²) in [5.41, 5.74) is 4.96. The van der Waals surface area contributed by atoms with E-state index in [1.807, 2.05) is 38.1 Å². The number of hydrogen-bond donors (Lipinski definition) is 1. The third-order valence-electron chi connectivity index (χ3n) is 4.37. The van der Waals surface area contributed by atoms with Crippen molar-refractivity contribution in [2.75, 3.05) is 0 Å². The maximum atomic E-state index is 9.03. The molecule has 2 aromatic carbocycles. The quantitative estimate of drug-likeness (QED) is 0.737. The van der Waals surface area contributed by atoms with Gasteiger partial charge in [-0.05, 0) is 49.6 Å². The number of aryl methyl sites for hydroxylation is 2. The number of nitriles is 1. The number of hydrogen-bond acceptors (Lipinski definition) is 4. The zero-order valence-electron chi connectivity index (χ0n) is 14.7. The lowest BCUT2D eigenvalue weighted by Crippen LogP contribution is -2.18. The van der Waals surface area contributed by atoms with Crippen molar-refractivity contribution >= 4 is 0 Å². The number of benzene rings is 2. The van der Waals surface area contributed by atoms with Crippen molar-refractivity contribution in [1.82, 2.24) is 10.3 Å². The van der Waals surface area contributed by atoms with Crippen LogP contribution in [0.1, 0.15) is 41.4 Å². The molecular formula is C21H21N3O.